The molecule has 0 radical (unpaired) electrons. The summed E-state index contributed by atoms with van der Waals surface area (Å²) in [6.07, 6.45) is 11.4. The van der Waals surface area contributed by atoms with Gasteiger partial charge in [-0.3, -0.25) is 0 Å². The molecule has 0 fully saturated rings. The van der Waals surface area contributed by atoms with E-state index >= 15 is 0 Å². The fourth-order valence-electron chi connectivity index (χ4n) is 5.04. The Kier molecular flexibility index (Phi) is 14.2. The van der Waals surface area contributed by atoms with Gasteiger partial charge in [-0.25, -0.2) is 10.0 Å². The topological polar surface area (TPSA) is 71.7 Å². The number of unbranched alkanes of at least 4 members (excludes halogenated alkanes) is 6. The molecule has 0 aliphatic rings. The Morgan fingerprint density at radius 2 is 0.727 bits per heavy atom. The summed E-state index contributed by atoms with van der Waals surface area (Å²) in [4.78, 5) is 0. The van der Waals surface area contributed by atoms with Crippen LogP contribution in [0.1, 0.15) is 64.2 Å². The Bertz CT molecular complexity index is 1170. The van der Waals surface area contributed by atoms with Crippen LogP contribution in [0.3, 0.4) is 0 Å². The fourth-order valence-corrected chi connectivity index (χ4v) is 5.04. The number of para-hydroxylation sites is 4. The molecular formula is C38H46N4O2. The molecule has 4 aromatic carbocycles. The SMILES string of the molecule is OC(CCCCC/C=N/N(c1ccccc1)c1ccccc1)C(O)CCCCC/C=N/N(c1ccccc1)c1ccccc1. The third kappa shape index (κ3) is 11.1. The van der Waals surface area contributed by atoms with Crippen molar-refractivity contribution < 1.29 is 10.2 Å². The summed E-state index contributed by atoms with van der Waals surface area (Å²) in [5, 5.41) is 34.3. The molecule has 0 aliphatic heterocycles. The molecule has 0 spiro atoms. The van der Waals surface area contributed by atoms with Gasteiger partial charge in [-0.1, -0.05) is 98.5 Å². The van der Waals surface area contributed by atoms with E-state index in [1.54, 1.807) is 0 Å². The van der Waals surface area contributed by atoms with Crippen molar-refractivity contribution in [2.45, 2.75) is 76.4 Å². The highest BCUT2D eigenvalue weighted by atomic mass is 16.3. The van der Waals surface area contributed by atoms with Gasteiger partial charge in [-0.15, -0.1) is 0 Å². The lowest BCUT2D eigenvalue weighted by atomic mass is 10.0. The highest BCUT2D eigenvalue weighted by Gasteiger charge is 2.15. The quantitative estimate of drug-likeness (QED) is 0.0649. The van der Waals surface area contributed by atoms with Crippen molar-refractivity contribution in [3.05, 3.63) is 121 Å². The van der Waals surface area contributed by atoms with Gasteiger partial charge >= 0.3 is 0 Å². The minimum absolute atomic E-state index is 0.625. The Labute approximate surface area is 263 Å². The highest BCUT2D eigenvalue weighted by molar-refractivity contribution is 5.68. The smallest absolute Gasteiger partial charge is 0.0799 e. The van der Waals surface area contributed by atoms with Crippen LogP contribution in [0.4, 0.5) is 22.7 Å². The Balaban J connectivity index is 1.08. The van der Waals surface area contributed by atoms with Crippen molar-refractivity contribution in [1.29, 1.82) is 0 Å². The van der Waals surface area contributed by atoms with E-state index in [1.165, 1.54) is 0 Å². The number of hydrogen-bond acceptors (Lipinski definition) is 6. The van der Waals surface area contributed by atoms with Crippen LogP contribution in [0.2, 0.25) is 0 Å². The minimum Gasteiger partial charge on any atom is -0.390 e. The van der Waals surface area contributed by atoms with Crippen LogP contribution in [0.5, 0.6) is 0 Å². The first-order valence-electron chi connectivity index (χ1n) is 15.9. The molecule has 0 aliphatic carbocycles. The molecule has 4 aromatic rings. The van der Waals surface area contributed by atoms with Crippen molar-refractivity contribution in [2.24, 2.45) is 10.2 Å². The van der Waals surface area contributed by atoms with Gasteiger partial charge < -0.3 is 10.2 Å². The number of hydrogen-bond donors (Lipinski definition) is 2. The maximum atomic E-state index is 10.5. The van der Waals surface area contributed by atoms with Crippen LogP contribution >= 0.6 is 0 Å². The molecule has 2 N–H and O–H groups in total. The number of hydrazone groups is 2. The second-order valence-corrected chi connectivity index (χ2v) is 11.0. The standard InChI is InChI=1S/C38H46N4O2/c43-37(29-17-1-3-19-31-39-41(33-21-9-5-10-22-33)34-23-11-6-12-24-34)38(44)30-18-2-4-20-32-40-42(35-25-13-7-14-26-35)36-27-15-8-16-28-36/h5-16,21-28,31-32,37-38,43-44H,1-4,17-20,29-30H2/b39-31+,40-32+. The van der Waals surface area contributed by atoms with Crippen molar-refractivity contribution in [3.8, 4) is 0 Å². The van der Waals surface area contributed by atoms with E-state index in [4.69, 9.17) is 10.2 Å². The summed E-state index contributed by atoms with van der Waals surface area (Å²) in [5.74, 6) is 0. The third-order valence-electron chi connectivity index (χ3n) is 7.51. The number of benzene rings is 4. The van der Waals surface area contributed by atoms with E-state index in [0.717, 1.165) is 74.1 Å². The Hall–Kier alpha value is -4.26. The van der Waals surface area contributed by atoms with Crippen molar-refractivity contribution in [1.82, 2.24) is 0 Å². The summed E-state index contributed by atoms with van der Waals surface area (Å²) >= 11 is 0. The highest BCUT2D eigenvalue weighted by Crippen LogP contribution is 2.26. The van der Waals surface area contributed by atoms with E-state index in [0.29, 0.717) is 12.8 Å². The summed E-state index contributed by atoms with van der Waals surface area (Å²) < 4.78 is 0. The fraction of sp³-hybridized carbons (Fsp3) is 0.316. The maximum absolute atomic E-state index is 10.5. The number of anilines is 4. The van der Waals surface area contributed by atoms with Gasteiger partial charge in [0, 0.05) is 12.4 Å². The zero-order valence-corrected chi connectivity index (χ0v) is 25.6. The molecule has 6 nitrogen and oxygen atoms in total. The molecule has 0 saturated carbocycles. The summed E-state index contributed by atoms with van der Waals surface area (Å²) in [6, 6.07) is 40.6. The average Bonchev–Trinajstić information content (AvgIpc) is 3.08. The second kappa shape index (κ2) is 19.1. The Morgan fingerprint density at radius 3 is 1.02 bits per heavy atom. The number of nitrogens with zero attached hydrogens (tertiary/aromatic N) is 4. The molecule has 0 heterocycles. The van der Waals surface area contributed by atoms with Crippen LogP contribution in [-0.4, -0.2) is 34.9 Å². The monoisotopic (exact) mass is 590 g/mol. The number of aliphatic hydroxyl groups is 2. The first-order chi connectivity index (χ1) is 21.7. The van der Waals surface area contributed by atoms with Crippen molar-refractivity contribution in [3.63, 3.8) is 0 Å². The van der Waals surface area contributed by atoms with Crippen LogP contribution in [0.15, 0.2) is 132 Å². The lowest BCUT2D eigenvalue weighted by Gasteiger charge is -2.19. The molecule has 2 atom stereocenters. The molecule has 44 heavy (non-hydrogen) atoms. The van der Waals surface area contributed by atoms with Gasteiger partial charge in [0.25, 0.3) is 0 Å². The maximum Gasteiger partial charge on any atom is 0.0799 e. The van der Waals surface area contributed by atoms with Gasteiger partial charge in [-0.05, 0) is 87.1 Å². The third-order valence-corrected chi connectivity index (χ3v) is 7.51. The van der Waals surface area contributed by atoms with Crippen LogP contribution < -0.4 is 10.0 Å². The van der Waals surface area contributed by atoms with E-state index in [1.807, 2.05) is 95.2 Å². The summed E-state index contributed by atoms with van der Waals surface area (Å²) in [6.45, 7) is 0. The van der Waals surface area contributed by atoms with Crippen LogP contribution in [-0.2, 0) is 0 Å². The van der Waals surface area contributed by atoms with Gasteiger partial charge in [0.05, 0.1) is 35.0 Å². The summed E-state index contributed by atoms with van der Waals surface area (Å²) in [7, 11) is 0. The zero-order chi connectivity index (χ0) is 30.7. The van der Waals surface area contributed by atoms with E-state index in [-0.39, 0.29) is 0 Å². The molecule has 230 valence electrons. The van der Waals surface area contributed by atoms with Gasteiger partial charge in [0.15, 0.2) is 0 Å². The molecule has 6 heteroatoms. The second-order valence-electron chi connectivity index (χ2n) is 11.0. The molecule has 0 amide bonds. The average molecular weight is 591 g/mol. The molecule has 2 unspecified atom stereocenters. The lowest BCUT2D eigenvalue weighted by Crippen LogP contribution is -2.25. The molecular weight excluding hydrogens is 544 g/mol. The van der Waals surface area contributed by atoms with E-state index in [9.17, 15) is 10.2 Å². The summed E-state index contributed by atoms with van der Waals surface area (Å²) in [5.41, 5.74) is 4.10. The molecule has 4 rings (SSSR count). The van der Waals surface area contributed by atoms with Crippen LogP contribution in [0.25, 0.3) is 0 Å². The Morgan fingerprint density at radius 1 is 0.432 bits per heavy atom. The lowest BCUT2D eigenvalue weighted by molar-refractivity contribution is 0.00720. The molecule has 0 aromatic heterocycles. The van der Waals surface area contributed by atoms with E-state index < -0.39 is 12.2 Å². The molecule has 0 saturated heterocycles. The number of aliphatic hydroxyl groups excluding tert-OH is 2. The van der Waals surface area contributed by atoms with E-state index in [2.05, 4.69) is 48.5 Å². The van der Waals surface area contributed by atoms with Crippen molar-refractivity contribution in [2.75, 3.05) is 10.0 Å². The normalized spacial score (nSPS) is 12.9. The minimum atomic E-state index is -0.665. The predicted octanol–water partition coefficient (Wildman–Crippen LogP) is 9.26. The molecule has 0 bridgehead atoms. The predicted molar refractivity (Wildman–Crippen MR) is 185 cm³/mol. The zero-order valence-electron chi connectivity index (χ0n) is 25.6. The van der Waals surface area contributed by atoms with Gasteiger partial charge in [0.2, 0.25) is 0 Å². The number of rotatable bonds is 19. The van der Waals surface area contributed by atoms with Crippen molar-refractivity contribution >= 4 is 35.2 Å². The first-order valence-corrected chi connectivity index (χ1v) is 15.9. The van der Waals surface area contributed by atoms with Crippen LogP contribution in [0, 0.1) is 0 Å². The first kappa shape index (κ1) is 32.6. The van der Waals surface area contributed by atoms with Gasteiger partial charge in [0.1, 0.15) is 0 Å². The van der Waals surface area contributed by atoms with Gasteiger partial charge in [-0.2, -0.15) is 10.2 Å². The largest absolute Gasteiger partial charge is 0.390 e.